The first-order chi connectivity index (χ1) is 16.5. The highest BCUT2D eigenvalue weighted by molar-refractivity contribution is 6.01. The maximum atomic E-state index is 13.0. The van der Waals surface area contributed by atoms with Crippen LogP contribution < -0.4 is 10.6 Å². The number of hydrogen-bond acceptors (Lipinski definition) is 6. The number of carboxylic acid groups (broad SMARTS) is 1. The van der Waals surface area contributed by atoms with Crippen LogP contribution in [0.2, 0.25) is 0 Å². The summed E-state index contributed by atoms with van der Waals surface area (Å²) in [7, 11) is 0. The lowest BCUT2D eigenvalue weighted by atomic mass is 10.1. The second kappa shape index (κ2) is 10.7. The van der Waals surface area contributed by atoms with E-state index in [1.54, 1.807) is 51.1 Å². The molecule has 0 saturated heterocycles. The largest absolute Gasteiger partial charge is 0.477 e. The van der Waals surface area contributed by atoms with Gasteiger partial charge in [0, 0.05) is 16.6 Å². The molecule has 10 heteroatoms. The Morgan fingerprint density at radius 3 is 2.40 bits per heavy atom. The molecule has 0 bridgehead atoms. The summed E-state index contributed by atoms with van der Waals surface area (Å²) < 4.78 is 10.5. The van der Waals surface area contributed by atoms with E-state index in [-0.39, 0.29) is 12.3 Å². The highest BCUT2D eigenvalue weighted by Gasteiger charge is 2.27. The lowest BCUT2D eigenvalue weighted by Crippen LogP contribution is -2.47. The third kappa shape index (κ3) is 7.60. The Kier molecular flexibility index (Phi) is 7.75. The molecule has 0 fully saturated rings. The quantitative estimate of drug-likeness (QED) is 0.358. The van der Waals surface area contributed by atoms with Crippen molar-refractivity contribution in [2.45, 2.75) is 45.4 Å². The standard InChI is InChI=1S/C25H27N3O7/c1-25(2,3)35-24(33)28-19(13-21(29)34-14-15-7-5-4-6-8-15)22(30)26-17-9-10-18-16(11-17)12-20(27-18)23(31)32/h4-12,19,27H,13-14H2,1-3H3,(H,26,30)(H,28,33)(H,31,32)/t19-/m0/s1. The smallest absolute Gasteiger partial charge is 0.408 e. The van der Waals surface area contributed by atoms with Crippen LogP contribution in [0.1, 0.15) is 43.2 Å². The number of aromatic amines is 1. The molecular formula is C25H27N3O7. The molecule has 10 nitrogen and oxygen atoms in total. The van der Waals surface area contributed by atoms with E-state index in [2.05, 4.69) is 15.6 Å². The first kappa shape index (κ1) is 25.3. The number of carbonyl (C=O) groups is 4. The molecule has 2 amide bonds. The highest BCUT2D eigenvalue weighted by atomic mass is 16.6. The summed E-state index contributed by atoms with van der Waals surface area (Å²) in [5.74, 6) is -2.46. The number of carbonyl (C=O) groups excluding carboxylic acids is 3. The number of ether oxygens (including phenoxy) is 2. The second-order valence-electron chi connectivity index (χ2n) is 8.83. The third-order valence-corrected chi connectivity index (χ3v) is 4.74. The second-order valence-corrected chi connectivity index (χ2v) is 8.83. The van der Waals surface area contributed by atoms with E-state index in [1.165, 1.54) is 6.07 Å². The lowest BCUT2D eigenvalue weighted by Gasteiger charge is -2.23. The molecule has 0 unspecified atom stereocenters. The zero-order valence-corrected chi connectivity index (χ0v) is 19.6. The molecule has 4 N–H and O–H groups in total. The Hall–Kier alpha value is -4.34. The van der Waals surface area contributed by atoms with Crippen LogP contribution in [0.25, 0.3) is 10.9 Å². The average Bonchev–Trinajstić information content (AvgIpc) is 3.20. The minimum atomic E-state index is -1.27. The minimum absolute atomic E-state index is 0.00843. The first-order valence-electron chi connectivity index (χ1n) is 10.9. The van der Waals surface area contributed by atoms with Crippen molar-refractivity contribution in [1.82, 2.24) is 10.3 Å². The molecule has 1 heterocycles. The predicted octanol–water partition coefficient (Wildman–Crippen LogP) is 3.83. The summed E-state index contributed by atoms with van der Waals surface area (Å²) in [6.07, 6.45) is -1.28. The van der Waals surface area contributed by atoms with Crippen molar-refractivity contribution >= 4 is 40.5 Å². The molecule has 35 heavy (non-hydrogen) atoms. The van der Waals surface area contributed by atoms with Gasteiger partial charge in [-0.1, -0.05) is 30.3 Å². The minimum Gasteiger partial charge on any atom is -0.477 e. The van der Waals surface area contributed by atoms with E-state index in [1.807, 2.05) is 18.2 Å². The Labute approximate surface area is 201 Å². The number of anilines is 1. The van der Waals surface area contributed by atoms with Gasteiger partial charge in [-0.25, -0.2) is 9.59 Å². The summed E-state index contributed by atoms with van der Waals surface area (Å²) in [6.45, 7) is 5.05. The topological polar surface area (TPSA) is 147 Å². The van der Waals surface area contributed by atoms with Crippen molar-refractivity contribution in [3.8, 4) is 0 Å². The van der Waals surface area contributed by atoms with Gasteiger partial charge in [0.15, 0.2) is 0 Å². The molecular weight excluding hydrogens is 454 g/mol. The normalized spacial score (nSPS) is 12.0. The summed E-state index contributed by atoms with van der Waals surface area (Å²) in [5, 5.41) is 14.8. The van der Waals surface area contributed by atoms with Crippen molar-refractivity contribution in [2.24, 2.45) is 0 Å². The van der Waals surface area contributed by atoms with E-state index in [9.17, 15) is 19.2 Å². The fourth-order valence-corrected chi connectivity index (χ4v) is 3.18. The summed E-state index contributed by atoms with van der Waals surface area (Å²) >= 11 is 0. The van der Waals surface area contributed by atoms with Crippen LogP contribution in [0.5, 0.6) is 0 Å². The molecule has 0 aliphatic heterocycles. The Morgan fingerprint density at radius 2 is 1.74 bits per heavy atom. The number of aromatic nitrogens is 1. The average molecular weight is 482 g/mol. The summed E-state index contributed by atoms with van der Waals surface area (Å²) in [5.41, 5.74) is 0.914. The van der Waals surface area contributed by atoms with Crippen LogP contribution in [0, 0.1) is 0 Å². The number of benzene rings is 2. The summed E-state index contributed by atoms with van der Waals surface area (Å²) in [4.78, 5) is 51.6. The van der Waals surface area contributed by atoms with Gasteiger partial charge in [0.1, 0.15) is 23.9 Å². The number of alkyl carbamates (subject to hydrolysis) is 1. The molecule has 1 aromatic heterocycles. The van der Waals surface area contributed by atoms with Gasteiger partial charge in [0.05, 0.1) is 6.42 Å². The molecule has 0 aliphatic carbocycles. The van der Waals surface area contributed by atoms with Crippen molar-refractivity contribution in [1.29, 1.82) is 0 Å². The maximum Gasteiger partial charge on any atom is 0.408 e. The Morgan fingerprint density at radius 1 is 1.03 bits per heavy atom. The van der Waals surface area contributed by atoms with Gasteiger partial charge < -0.3 is 30.2 Å². The highest BCUT2D eigenvalue weighted by Crippen LogP contribution is 2.21. The molecule has 3 aromatic rings. The number of nitrogens with one attached hydrogen (secondary N) is 3. The Balaban J connectivity index is 1.71. The number of carboxylic acids is 1. The zero-order valence-electron chi connectivity index (χ0n) is 19.6. The number of fused-ring (bicyclic) bond motifs is 1. The van der Waals surface area contributed by atoms with Crippen LogP contribution in [0.15, 0.2) is 54.6 Å². The van der Waals surface area contributed by atoms with Crippen molar-refractivity contribution in [2.75, 3.05) is 5.32 Å². The number of aromatic carboxylic acids is 1. The monoisotopic (exact) mass is 481 g/mol. The van der Waals surface area contributed by atoms with Crippen LogP contribution in [0.3, 0.4) is 0 Å². The fraction of sp³-hybridized carbons (Fsp3) is 0.280. The number of H-pyrrole nitrogens is 1. The SMILES string of the molecule is CC(C)(C)OC(=O)N[C@@H](CC(=O)OCc1ccccc1)C(=O)Nc1ccc2[nH]c(C(=O)O)cc2c1. The molecule has 0 spiro atoms. The third-order valence-electron chi connectivity index (χ3n) is 4.74. The van der Waals surface area contributed by atoms with E-state index >= 15 is 0 Å². The van der Waals surface area contributed by atoms with Crippen LogP contribution in [0.4, 0.5) is 10.5 Å². The van der Waals surface area contributed by atoms with Gasteiger partial charge in [-0.2, -0.15) is 0 Å². The van der Waals surface area contributed by atoms with E-state index in [0.29, 0.717) is 16.6 Å². The van der Waals surface area contributed by atoms with Crippen LogP contribution in [-0.4, -0.2) is 45.7 Å². The van der Waals surface area contributed by atoms with Gasteiger partial charge in [0.2, 0.25) is 5.91 Å². The number of hydrogen-bond donors (Lipinski definition) is 4. The fourth-order valence-electron chi connectivity index (χ4n) is 3.18. The Bertz CT molecular complexity index is 1230. The zero-order chi connectivity index (χ0) is 25.6. The van der Waals surface area contributed by atoms with Gasteiger partial charge >= 0.3 is 18.0 Å². The molecule has 3 rings (SSSR count). The molecule has 1 atom stereocenters. The lowest BCUT2D eigenvalue weighted by molar-refractivity contribution is -0.146. The summed E-state index contributed by atoms with van der Waals surface area (Å²) in [6, 6.07) is 14.0. The molecule has 0 aliphatic rings. The molecule has 0 saturated carbocycles. The number of amides is 2. The molecule has 184 valence electrons. The molecule has 2 aromatic carbocycles. The van der Waals surface area contributed by atoms with E-state index in [0.717, 1.165) is 5.56 Å². The van der Waals surface area contributed by atoms with Crippen LogP contribution in [-0.2, 0) is 25.7 Å². The van der Waals surface area contributed by atoms with E-state index < -0.39 is 42.0 Å². The van der Waals surface area contributed by atoms with Gasteiger partial charge in [-0.05, 0) is 50.6 Å². The number of rotatable bonds is 8. The van der Waals surface area contributed by atoms with E-state index in [4.69, 9.17) is 14.6 Å². The van der Waals surface area contributed by atoms with Crippen molar-refractivity contribution in [3.05, 3.63) is 65.9 Å². The first-order valence-corrected chi connectivity index (χ1v) is 10.9. The van der Waals surface area contributed by atoms with Crippen molar-refractivity contribution < 1.29 is 33.8 Å². The van der Waals surface area contributed by atoms with Gasteiger partial charge in [-0.3, -0.25) is 9.59 Å². The van der Waals surface area contributed by atoms with Gasteiger partial charge in [0.25, 0.3) is 0 Å². The molecule has 0 radical (unpaired) electrons. The van der Waals surface area contributed by atoms with Crippen LogP contribution >= 0.6 is 0 Å². The predicted molar refractivity (Wildman–Crippen MR) is 128 cm³/mol. The number of esters is 1. The van der Waals surface area contributed by atoms with Gasteiger partial charge in [-0.15, -0.1) is 0 Å². The van der Waals surface area contributed by atoms with Crippen molar-refractivity contribution in [3.63, 3.8) is 0 Å². The maximum absolute atomic E-state index is 13.0.